The van der Waals surface area contributed by atoms with Crippen LogP contribution in [-0.2, 0) is 11.0 Å². The van der Waals surface area contributed by atoms with Crippen LogP contribution in [0.5, 0.6) is 0 Å². The minimum Gasteiger partial charge on any atom is -0.480 e. The molecular formula is C12H9F4NO3S. The van der Waals surface area contributed by atoms with Crippen molar-refractivity contribution in [3.8, 4) is 0 Å². The highest BCUT2D eigenvalue weighted by atomic mass is 32.2. The van der Waals surface area contributed by atoms with Crippen LogP contribution in [0.15, 0.2) is 18.2 Å². The van der Waals surface area contributed by atoms with Crippen molar-refractivity contribution in [2.45, 2.75) is 12.2 Å². The number of hydrogen-bond donors (Lipinski definition) is 1. The highest BCUT2D eigenvalue weighted by Crippen LogP contribution is 2.33. The maximum absolute atomic E-state index is 13.9. The molecule has 1 saturated heterocycles. The highest BCUT2D eigenvalue weighted by molar-refractivity contribution is 7.99. The van der Waals surface area contributed by atoms with Gasteiger partial charge >= 0.3 is 12.1 Å². The van der Waals surface area contributed by atoms with E-state index in [1.54, 1.807) is 0 Å². The largest absolute Gasteiger partial charge is 0.480 e. The Kier molecular flexibility index (Phi) is 4.13. The summed E-state index contributed by atoms with van der Waals surface area (Å²) in [5.41, 5.74) is -2.33. The molecule has 1 heterocycles. The average molecular weight is 323 g/mol. The second-order valence-electron chi connectivity index (χ2n) is 4.29. The molecule has 0 radical (unpaired) electrons. The van der Waals surface area contributed by atoms with Gasteiger partial charge in [-0.05, 0) is 12.1 Å². The normalized spacial score (nSPS) is 18.9. The summed E-state index contributed by atoms with van der Waals surface area (Å²) in [6, 6.07) is 1.18. The van der Waals surface area contributed by atoms with E-state index in [9.17, 15) is 27.2 Å². The van der Waals surface area contributed by atoms with Crippen LogP contribution in [0.3, 0.4) is 0 Å². The summed E-state index contributed by atoms with van der Waals surface area (Å²) in [5, 5.41) is 8.95. The molecule has 1 aliphatic heterocycles. The number of benzene rings is 1. The quantitative estimate of drug-likeness (QED) is 0.850. The fourth-order valence-corrected chi connectivity index (χ4v) is 3.06. The molecule has 1 fully saturated rings. The molecule has 0 unspecified atom stereocenters. The lowest BCUT2D eigenvalue weighted by atomic mass is 10.1. The smallest absolute Gasteiger partial charge is 0.419 e. The number of carbonyl (C=O) groups is 2. The number of hydrogen-bond acceptors (Lipinski definition) is 3. The van der Waals surface area contributed by atoms with Gasteiger partial charge in [0, 0.05) is 5.75 Å². The first-order chi connectivity index (χ1) is 9.73. The first kappa shape index (κ1) is 15.6. The lowest BCUT2D eigenvalue weighted by Crippen LogP contribution is -2.42. The van der Waals surface area contributed by atoms with Gasteiger partial charge in [0.05, 0.1) is 17.0 Å². The fraction of sp³-hybridized carbons (Fsp3) is 0.333. The molecule has 0 aliphatic carbocycles. The van der Waals surface area contributed by atoms with Gasteiger partial charge in [0.1, 0.15) is 11.9 Å². The number of carboxylic acids is 1. The maximum atomic E-state index is 13.9. The van der Waals surface area contributed by atoms with E-state index in [-0.39, 0.29) is 11.6 Å². The predicted octanol–water partition coefficient (Wildman–Crippen LogP) is 2.44. The van der Waals surface area contributed by atoms with E-state index in [1.807, 2.05) is 0 Å². The third-order valence-corrected chi connectivity index (χ3v) is 3.97. The van der Waals surface area contributed by atoms with E-state index >= 15 is 0 Å². The monoisotopic (exact) mass is 323 g/mol. The van der Waals surface area contributed by atoms with E-state index in [1.165, 1.54) is 0 Å². The van der Waals surface area contributed by atoms with Gasteiger partial charge in [0.15, 0.2) is 0 Å². The van der Waals surface area contributed by atoms with Crippen molar-refractivity contribution in [1.29, 1.82) is 0 Å². The van der Waals surface area contributed by atoms with Crippen molar-refractivity contribution in [3.63, 3.8) is 0 Å². The van der Waals surface area contributed by atoms with Gasteiger partial charge in [-0.25, -0.2) is 9.18 Å². The third-order valence-electron chi connectivity index (χ3n) is 2.96. The standard InChI is InChI=1S/C12H9F4NO3S/c13-9-6(2-1-3-7(9)12(14,15)16)10(18)17-5-21-4-8(17)11(19)20/h1-3,8H,4-5H2,(H,19,20)/t8-/m0/s1. The molecular weight excluding hydrogens is 314 g/mol. The van der Waals surface area contributed by atoms with E-state index in [2.05, 4.69) is 0 Å². The topological polar surface area (TPSA) is 57.6 Å². The molecule has 9 heteroatoms. The fourth-order valence-electron chi connectivity index (χ4n) is 1.92. The van der Waals surface area contributed by atoms with Gasteiger partial charge in [-0.15, -0.1) is 11.8 Å². The number of nitrogens with zero attached hydrogens (tertiary/aromatic N) is 1. The molecule has 1 aliphatic rings. The number of carboxylic acid groups (broad SMARTS) is 1. The molecule has 21 heavy (non-hydrogen) atoms. The Bertz CT molecular complexity index is 590. The SMILES string of the molecule is O=C(O)[C@@H]1CSCN1C(=O)c1cccc(C(F)(F)F)c1F. The number of thioether (sulfide) groups is 1. The minimum absolute atomic E-state index is 0.00845. The van der Waals surface area contributed by atoms with Gasteiger partial charge in [-0.1, -0.05) is 6.07 Å². The van der Waals surface area contributed by atoms with Gasteiger partial charge in [-0.3, -0.25) is 4.79 Å². The van der Waals surface area contributed by atoms with Crippen LogP contribution in [0.25, 0.3) is 0 Å². The summed E-state index contributed by atoms with van der Waals surface area (Å²) in [6.07, 6.45) is -4.92. The van der Waals surface area contributed by atoms with E-state index in [0.717, 1.165) is 28.8 Å². The zero-order valence-electron chi connectivity index (χ0n) is 10.4. The van der Waals surface area contributed by atoms with Crippen molar-refractivity contribution < 1.29 is 32.3 Å². The third kappa shape index (κ3) is 2.97. The number of rotatable bonds is 2. The summed E-state index contributed by atoms with van der Waals surface area (Å²) < 4.78 is 51.7. The van der Waals surface area contributed by atoms with Crippen molar-refractivity contribution >= 4 is 23.6 Å². The Balaban J connectivity index is 2.38. The molecule has 1 aromatic rings. The van der Waals surface area contributed by atoms with Crippen molar-refractivity contribution in [1.82, 2.24) is 4.90 Å². The minimum atomic E-state index is -4.92. The summed E-state index contributed by atoms with van der Waals surface area (Å²) >= 11 is 1.14. The highest BCUT2D eigenvalue weighted by Gasteiger charge is 2.39. The first-order valence-corrected chi connectivity index (χ1v) is 6.86. The molecule has 2 rings (SSSR count). The van der Waals surface area contributed by atoms with Crippen LogP contribution in [0.4, 0.5) is 17.6 Å². The van der Waals surface area contributed by atoms with Crippen LogP contribution in [0.1, 0.15) is 15.9 Å². The van der Waals surface area contributed by atoms with Crippen molar-refractivity contribution in [2.24, 2.45) is 0 Å². The second kappa shape index (κ2) is 5.55. The first-order valence-electron chi connectivity index (χ1n) is 5.70. The summed E-state index contributed by atoms with van der Waals surface area (Å²) in [6.45, 7) is 0. The number of alkyl halides is 3. The summed E-state index contributed by atoms with van der Waals surface area (Å²) in [4.78, 5) is 23.9. The molecule has 0 saturated carbocycles. The Morgan fingerprint density at radius 2 is 2.00 bits per heavy atom. The van der Waals surface area contributed by atoms with Crippen LogP contribution in [-0.4, -0.2) is 39.6 Å². The van der Waals surface area contributed by atoms with Gasteiger partial charge in [-0.2, -0.15) is 13.2 Å². The van der Waals surface area contributed by atoms with E-state index in [0.29, 0.717) is 6.07 Å². The molecule has 0 bridgehead atoms. The molecule has 1 aromatic carbocycles. The molecule has 4 nitrogen and oxygen atoms in total. The summed E-state index contributed by atoms with van der Waals surface area (Å²) in [7, 11) is 0. The Labute approximate surface area is 120 Å². The predicted molar refractivity (Wildman–Crippen MR) is 66.3 cm³/mol. The molecule has 1 atom stereocenters. The van der Waals surface area contributed by atoms with Crippen LogP contribution < -0.4 is 0 Å². The zero-order valence-corrected chi connectivity index (χ0v) is 11.2. The van der Waals surface area contributed by atoms with Gasteiger partial charge in [0.2, 0.25) is 0 Å². The Morgan fingerprint density at radius 1 is 1.33 bits per heavy atom. The van der Waals surface area contributed by atoms with Gasteiger partial charge in [0.25, 0.3) is 5.91 Å². The number of amides is 1. The Morgan fingerprint density at radius 3 is 2.57 bits per heavy atom. The molecule has 0 spiro atoms. The van der Waals surface area contributed by atoms with Crippen molar-refractivity contribution in [3.05, 3.63) is 35.1 Å². The number of carbonyl (C=O) groups excluding carboxylic acids is 1. The number of aliphatic carboxylic acids is 1. The van der Waals surface area contributed by atoms with Crippen LogP contribution in [0, 0.1) is 5.82 Å². The lowest BCUT2D eigenvalue weighted by molar-refractivity contribution is -0.141. The average Bonchev–Trinajstić information content (AvgIpc) is 2.86. The van der Waals surface area contributed by atoms with E-state index in [4.69, 9.17) is 5.11 Å². The number of halogens is 4. The molecule has 1 N–H and O–H groups in total. The van der Waals surface area contributed by atoms with Crippen LogP contribution in [0.2, 0.25) is 0 Å². The lowest BCUT2D eigenvalue weighted by Gasteiger charge is -2.21. The van der Waals surface area contributed by atoms with E-state index < -0.39 is 41.0 Å². The van der Waals surface area contributed by atoms with Gasteiger partial charge < -0.3 is 10.0 Å². The van der Waals surface area contributed by atoms with Crippen LogP contribution >= 0.6 is 11.8 Å². The zero-order chi connectivity index (χ0) is 15.8. The molecule has 0 aromatic heterocycles. The maximum Gasteiger partial charge on any atom is 0.419 e. The summed E-state index contributed by atoms with van der Waals surface area (Å²) in [5.74, 6) is -3.92. The molecule has 1 amide bonds. The van der Waals surface area contributed by atoms with Crippen molar-refractivity contribution in [2.75, 3.05) is 11.6 Å². The second-order valence-corrected chi connectivity index (χ2v) is 5.29. The Hall–Kier alpha value is -1.77. The molecule has 114 valence electrons.